The summed E-state index contributed by atoms with van der Waals surface area (Å²) < 4.78 is 0. The highest BCUT2D eigenvalue weighted by atomic mass is 16.1. The van der Waals surface area contributed by atoms with Crippen LogP contribution in [0.25, 0.3) is 10.9 Å². The minimum absolute atomic E-state index is 0.124. The molecular formula is C20H24N2O. The second-order valence-electron chi connectivity index (χ2n) is 7.36. The zero-order chi connectivity index (χ0) is 15.8. The fraction of sp³-hybridized carbons (Fsp3) is 0.500. The first-order valence-corrected chi connectivity index (χ1v) is 8.82. The van der Waals surface area contributed by atoms with Gasteiger partial charge in [0, 0.05) is 17.6 Å². The topological polar surface area (TPSA) is 42.0 Å². The van der Waals surface area contributed by atoms with Crippen LogP contribution in [0.1, 0.15) is 38.2 Å². The molecule has 4 rings (SSSR count). The molecule has 3 nitrogen and oxygen atoms in total. The smallest absolute Gasteiger partial charge is 0.224 e. The standard InChI is InChI=1S/C20H24N2O/c1-13(18-11-14-7-8-16(18)10-14)22-19(23)12-17-5-2-4-15-6-3-9-21-20(15)17/h2-6,9,13-14,16,18H,7-8,10-12H2,1H3,(H,22,23)/t13-,14+,16+,18-/m1/s1. The van der Waals surface area contributed by atoms with Crippen LogP contribution in [0.2, 0.25) is 0 Å². The number of carbonyl (C=O) groups excluding carboxylic acids is 1. The zero-order valence-electron chi connectivity index (χ0n) is 13.7. The molecule has 2 fully saturated rings. The molecule has 1 N–H and O–H groups in total. The Hall–Kier alpha value is -1.90. The largest absolute Gasteiger partial charge is 0.353 e. The summed E-state index contributed by atoms with van der Waals surface area (Å²) in [6.45, 7) is 2.19. The van der Waals surface area contributed by atoms with Gasteiger partial charge in [-0.15, -0.1) is 0 Å². The monoisotopic (exact) mass is 308 g/mol. The number of amides is 1. The van der Waals surface area contributed by atoms with E-state index in [0.717, 1.165) is 28.3 Å². The normalized spacial score (nSPS) is 27.3. The lowest BCUT2D eigenvalue weighted by Gasteiger charge is -2.28. The van der Waals surface area contributed by atoms with E-state index < -0.39 is 0 Å². The highest BCUT2D eigenvalue weighted by Crippen LogP contribution is 2.49. The maximum atomic E-state index is 12.5. The molecule has 2 aliphatic rings. The molecule has 0 spiro atoms. The maximum Gasteiger partial charge on any atom is 0.224 e. The van der Waals surface area contributed by atoms with Gasteiger partial charge < -0.3 is 5.32 Å². The van der Waals surface area contributed by atoms with Crippen LogP contribution in [0.5, 0.6) is 0 Å². The molecule has 2 aliphatic carbocycles. The Bertz CT molecular complexity index is 721. The number of pyridine rings is 1. The van der Waals surface area contributed by atoms with E-state index in [4.69, 9.17) is 0 Å². The van der Waals surface area contributed by atoms with E-state index in [-0.39, 0.29) is 5.91 Å². The summed E-state index contributed by atoms with van der Waals surface area (Å²) in [4.78, 5) is 16.9. The van der Waals surface area contributed by atoms with Crippen LogP contribution < -0.4 is 5.32 Å². The van der Waals surface area contributed by atoms with Crippen molar-refractivity contribution in [2.75, 3.05) is 0 Å². The Kier molecular flexibility index (Phi) is 3.80. The molecule has 1 aromatic heterocycles. The van der Waals surface area contributed by atoms with E-state index in [1.165, 1.54) is 25.7 Å². The molecule has 2 saturated carbocycles. The number of para-hydroxylation sites is 1. The highest BCUT2D eigenvalue weighted by Gasteiger charge is 2.42. The third-order valence-electron chi connectivity index (χ3n) is 5.89. The molecule has 2 bridgehead atoms. The second kappa shape index (κ2) is 5.95. The lowest BCUT2D eigenvalue weighted by atomic mass is 9.84. The quantitative estimate of drug-likeness (QED) is 0.935. The number of nitrogens with one attached hydrogen (secondary N) is 1. The van der Waals surface area contributed by atoms with Gasteiger partial charge in [0.15, 0.2) is 0 Å². The molecule has 1 aromatic carbocycles. The predicted octanol–water partition coefficient (Wildman–Crippen LogP) is 3.72. The summed E-state index contributed by atoms with van der Waals surface area (Å²) in [6.07, 6.45) is 7.67. The first-order chi connectivity index (χ1) is 11.2. The molecule has 0 aliphatic heterocycles. The highest BCUT2D eigenvalue weighted by molar-refractivity contribution is 5.87. The van der Waals surface area contributed by atoms with Crippen molar-refractivity contribution in [1.82, 2.24) is 10.3 Å². The number of hydrogen-bond acceptors (Lipinski definition) is 2. The van der Waals surface area contributed by atoms with Crippen LogP contribution >= 0.6 is 0 Å². The van der Waals surface area contributed by atoms with E-state index in [1.54, 1.807) is 6.20 Å². The Morgan fingerprint density at radius 3 is 2.91 bits per heavy atom. The number of aromatic nitrogens is 1. The van der Waals surface area contributed by atoms with Crippen LogP contribution in [0, 0.1) is 17.8 Å². The van der Waals surface area contributed by atoms with Crippen molar-refractivity contribution in [3.8, 4) is 0 Å². The van der Waals surface area contributed by atoms with Crippen molar-refractivity contribution in [1.29, 1.82) is 0 Å². The molecule has 120 valence electrons. The number of rotatable bonds is 4. The van der Waals surface area contributed by atoms with Gasteiger partial charge in [-0.1, -0.05) is 30.7 Å². The molecular weight excluding hydrogens is 284 g/mol. The van der Waals surface area contributed by atoms with E-state index in [9.17, 15) is 4.79 Å². The third kappa shape index (κ3) is 2.85. The van der Waals surface area contributed by atoms with E-state index in [2.05, 4.69) is 17.2 Å². The first-order valence-electron chi connectivity index (χ1n) is 8.82. The summed E-state index contributed by atoms with van der Waals surface area (Å²) in [7, 11) is 0. The summed E-state index contributed by atoms with van der Waals surface area (Å²) in [5.41, 5.74) is 1.96. The third-order valence-corrected chi connectivity index (χ3v) is 5.89. The van der Waals surface area contributed by atoms with Gasteiger partial charge in [0.05, 0.1) is 11.9 Å². The van der Waals surface area contributed by atoms with E-state index in [0.29, 0.717) is 18.4 Å². The minimum atomic E-state index is 0.124. The molecule has 4 atom stereocenters. The van der Waals surface area contributed by atoms with E-state index >= 15 is 0 Å². The molecule has 1 amide bonds. The van der Waals surface area contributed by atoms with Crippen LogP contribution in [0.15, 0.2) is 36.5 Å². The average Bonchev–Trinajstić information content (AvgIpc) is 3.18. The van der Waals surface area contributed by atoms with E-state index in [1.807, 2.05) is 30.3 Å². The number of hydrogen-bond donors (Lipinski definition) is 1. The Labute approximate surface area is 137 Å². The maximum absolute atomic E-state index is 12.5. The fourth-order valence-electron chi connectivity index (χ4n) is 4.80. The molecule has 3 heteroatoms. The molecule has 0 saturated heterocycles. The minimum Gasteiger partial charge on any atom is -0.353 e. The zero-order valence-corrected chi connectivity index (χ0v) is 13.7. The van der Waals surface area contributed by atoms with Crippen molar-refractivity contribution >= 4 is 16.8 Å². The Morgan fingerprint density at radius 2 is 2.13 bits per heavy atom. The summed E-state index contributed by atoms with van der Waals surface area (Å²) in [6, 6.07) is 10.3. The van der Waals surface area contributed by atoms with Gasteiger partial charge in [-0.2, -0.15) is 0 Å². The SMILES string of the molecule is C[C@@H](NC(=O)Cc1cccc2cccnc12)[C@H]1C[C@H]2CC[C@H]1C2. The van der Waals surface area contributed by atoms with Crippen LogP contribution in [-0.2, 0) is 11.2 Å². The van der Waals surface area contributed by atoms with Gasteiger partial charge in [-0.3, -0.25) is 9.78 Å². The lowest BCUT2D eigenvalue weighted by Crippen LogP contribution is -2.40. The van der Waals surface area contributed by atoms with Crippen molar-refractivity contribution in [3.63, 3.8) is 0 Å². The van der Waals surface area contributed by atoms with Gasteiger partial charge >= 0.3 is 0 Å². The van der Waals surface area contributed by atoms with Gasteiger partial charge in [0.1, 0.15) is 0 Å². The van der Waals surface area contributed by atoms with Gasteiger partial charge in [-0.05, 0) is 55.6 Å². The molecule has 23 heavy (non-hydrogen) atoms. The molecule has 0 radical (unpaired) electrons. The molecule has 0 unspecified atom stereocenters. The van der Waals surface area contributed by atoms with Gasteiger partial charge in [0.2, 0.25) is 5.91 Å². The van der Waals surface area contributed by atoms with Gasteiger partial charge in [-0.25, -0.2) is 0 Å². The van der Waals surface area contributed by atoms with Crippen molar-refractivity contribution in [2.24, 2.45) is 17.8 Å². The fourth-order valence-corrected chi connectivity index (χ4v) is 4.80. The number of carbonyl (C=O) groups is 1. The van der Waals surface area contributed by atoms with Crippen molar-refractivity contribution in [2.45, 2.75) is 45.1 Å². The second-order valence-corrected chi connectivity index (χ2v) is 7.36. The Morgan fingerprint density at radius 1 is 1.26 bits per heavy atom. The molecule has 1 heterocycles. The number of nitrogens with zero attached hydrogens (tertiary/aromatic N) is 1. The Balaban J connectivity index is 1.43. The van der Waals surface area contributed by atoms with Crippen LogP contribution in [0.4, 0.5) is 0 Å². The number of fused-ring (bicyclic) bond motifs is 3. The summed E-state index contributed by atoms with van der Waals surface area (Å²) in [5, 5.41) is 4.35. The summed E-state index contributed by atoms with van der Waals surface area (Å²) in [5.74, 6) is 2.57. The summed E-state index contributed by atoms with van der Waals surface area (Å²) >= 11 is 0. The first kappa shape index (κ1) is 14.7. The average molecular weight is 308 g/mol. The number of benzene rings is 1. The van der Waals surface area contributed by atoms with Crippen molar-refractivity contribution in [3.05, 3.63) is 42.1 Å². The molecule has 2 aromatic rings. The van der Waals surface area contributed by atoms with Crippen LogP contribution in [-0.4, -0.2) is 16.9 Å². The van der Waals surface area contributed by atoms with Gasteiger partial charge in [0.25, 0.3) is 0 Å². The van der Waals surface area contributed by atoms with Crippen LogP contribution in [0.3, 0.4) is 0 Å². The lowest BCUT2D eigenvalue weighted by molar-refractivity contribution is -0.121. The predicted molar refractivity (Wildman–Crippen MR) is 92.0 cm³/mol. The van der Waals surface area contributed by atoms with Crippen molar-refractivity contribution < 1.29 is 4.79 Å².